The fourth-order valence-electron chi connectivity index (χ4n) is 6.31. The van der Waals surface area contributed by atoms with E-state index in [4.69, 9.17) is 4.74 Å². The number of hydrogen-bond donors (Lipinski definition) is 3. The van der Waals surface area contributed by atoms with E-state index in [0.717, 1.165) is 11.1 Å². The molecule has 1 aromatic heterocycles. The molecule has 0 radical (unpaired) electrons. The zero-order chi connectivity index (χ0) is 36.1. The molecule has 0 fully saturated rings. The Morgan fingerprint density at radius 1 is 0.725 bits per heavy atom. The molecular weight excluding hydrogens is 642 g/mol. The Kier molecular flexibility index (Phi) is 10.0. The molecule has 0 saturated carbocycles. The Bertz CT molecular complexity index is 2070. The van der Waals surface area contributed by atoms with E-state index in [1.165, 1.54) is 0 Å². The molecule has 10 heteroatoms. The average Bonchev–Trinajstić information content (AvgIpc) is 3.47. The topological polar surface area (TPSA) is 122 Å². The number of alkyl carbamates (subject to hydrolysis) is 1. The molecule has 51 heavy (non-hydrogen) atoms. The number of carbonyl (C=O) groups is 4. The molecule has 10 nitrogen and oxygen atoms in total. The Labute approximate surface area is 297 Å². The molecule has 6 rings (SSSR count). The first-order valence-electron chi connectivity index (χ1n) is 16.8. The molecule has 0 saturated heterocycles. The van der Waals surface area contributed by atoms with Gasteiger partial charge in [0.05, 0.1) is 22.9 Å². The fourth-order valence-corrected chi connectivity index (χ4v) is 6.31. The van der Waals surface area contributed by atoms with Gasteiger partial charge >= 0.3 is 6.09 Å². The number of fused-ring (bicyclic) bond motifs is 1. The predicted molar refractivity (Wildman–Crippen MR) is 198 cm³/mol. The van der Waals surface area contributed by atoms with E-state index in [9.17, 15) is 19.2 Å². The normalized spacial score (nSPS) is 13.9. The van der Waals surface area contributed by atoms with Crippen LogP contribution in [0.4, 0.5) is 16.2 Å². The summed E-state index contributed by atoms with van der Waals surface area (Å²) in [5.41, 5.74) is 4.22. The molecular formula is C41H41N5O5. The molecule has 1 atom stereocenters. The van der Waals surface area contributed by atoms with Crippen molar-refractivity contribution in [3.63, 3.8) is 0 Å². The van der Waals surface area contributed by atoms with Crippen LogP contribution in [0.2, 0.25) is 0 Å². The fraction of sp³-hybridized carbons (Fsp3) is 0.220. The van der Waals surface area contributed by atoms with E-state index in [0.29, 0.717) is 41.2 Å². The van der Waals surface area contributed by atoms with E-state index in [2.05, 4.69) is 16.0 Å². The van der Waals surface area contributed by atoms with Crippen molar-refractivity contribution in [3.05, 3.63) is 143 Å². The highest BCUT2D eigenvalue weighted by atomic mass is 16.5. The highest BCUT2D eigenvalue weighted by molar-refractivity contribution is 6.19. The number of aromatic nitrogens is 1. The maximum absolute atomic E-state index is 14.7. The van der Waals surface area contributed by atoms with Crippen molar-refractivity contribution < 1.29 is 23.9 Å². The number of ether oxygens (including phenoxy) is 1. The standard InChI is InChI=1S/C41H41N5O5/c1-41(2,3)44-40(50)51-26-31-23-27-15-11-12-16-28(27)24-46(31)39(49)33-22-14-13-21-32(33)36-35(38(48)43-30-19-9-6-10-20-30)34(25-45(36)4)37(47)42-29-17-7-5-8-18-29/h5-22,25,31H,23-24,26H2,1-4H3,(H,42,47)(H,43,48)(H,44,50)/t31-/m0/s1. The van der Waals surface area contributed by atoms with Gasteiger partial charge in [0.25, 0.3) is 17.7 Å². The Morgan fingerprint density at radius 3 is 1.94 bits per heavy atom. The van der Waals surface area contributed by atoms with Crippen molar-refractivity contribution in [3.8, 4) is 11.3 Å². The second-order valence-corrected chi connectivity index (χ2v) is 13.6. The summed E-state index contributed by atoms with van der Waals surface area (Å²) in [4.78, 5) is 57.1. The smallest absolute Gasteiger partial charge is 0.407 e. The number of hydrogen-bond acceptors (Lipinski definition) is 5. The van der Waals surface area contributed by atoms with Gasteiger partial charge in [-0.1, -0.05) is 78.9 Å². The van der Waals surface area contributed by atoms with Crippen LogP contribution in [-0.4, -0.2) is 51.5 Å². The highest BCUT2D eigenvalue weighted by Gasteiger charge is 2.34. The van der Waals surface area contributed by atoms with Gasteiger partial charge in [-0.05, 0) is 68.7 Å². The minimum Gasteiger partial charge on any atom is -0.447 e. The van der Waals surface area contributed by atoms with E-state index in [1.54, 1.807) is 71.2 Å². The lowest BCUT2D eigenvalue weighted by Crippen LogP contribution is -2.48. The van der Waals surface area contributed by atoms with Crippen molar-refractivity contribution in [2.45, 2.75) is 45.3 Å². The molecule has 0 bridgehead atoms. The second kappa shape index (κ2) is 14.8. The van der Waals surface area contributed by atoms with Crippen LogP contribution in [0.5, 0.6) is 0 Å². The third-order valence-corrected chi connectivity index (χ3v) is 8.63. The van der Waals surface area contributed by atoms with Crippen LogP contribution in [-0.2, 0) is 24.8 Å². The SMILES string of the molecule is Cn1cc(C(=O)Nc2ccccc2)c(C(=O)Nc2ccccc2)c1-c1ccccc1C(=O)N1Cc2ccccc2C[C@H]1COC(=O)NC(C)(C)C. The lowest BCUT2D eigenvalue weighted by Gasteiger charge is -2.37. The maximum Gasteiger partial charge on any atom is 0.407 e. The molecule has 0 unspecified atom stereocenters. The number of rotatable bonds is 8. The summed E-state index contributed by atoms with van der Waals surface area (Å²) in [7, 11) is 1.75. The van der Waals surface area contributed by atoms with Crippen LogP contribution in [0.15, 0.2) is 115 Å². The third-order valence-electron chi connectivity index (χ3n) is 8.63. The number of benzene rings is 4. The van der Waals surface area contributed by atoms with Gasteiger partial charge in [0.2, 0.25) is 0 Å². The van der Waals surface area contributed by atoms with Crippen LogP contribution in [0.25, 0.3) is 11.3 Å². The zero-order valence-corrected chi connectivity index (χ0v) is 29.1. The lowest BCUT2D eigenvalue weighted by molar-refractivity contribution is 0.0485. The van der Waals surface area contributed by atoms with E-state index in [-0.39, 0.29) is 23.6 Å². The molecule has 0 aliphatic carbocycles. The van der Waals surface area contributed by atoms with Crippen LogP contribution >= 0.6 is 0 Å². The zero-order valence-electron chi connectivity index (χ0n) is 29.1. The molecule has 3 N–H and O–H groups in total. The highest BCUT2D eigenvalue weighted by Crippen LogP contribution is 2.34. The Hall–Kier alpha value is -6.16. The summed E-state index contributed by atoms with van der Waals surface area (Å²) in [5, 5.41) is 8.64. The molecule has 0 spiro atoms. The molecule has 1 aliphatic heterocycles. The van der Waals surface area contributed by atoms with Crippen molar-refractivity contribution in [1.29, 1.82) is 0 Å². The Balaban J connectivity index is 1.40. The van der Waals surface area contributed by atoms with Gasteiger partial charge < -0.3 is 30.2 Å². The van der Waals surface area contributed by atoms with Gasteiger partial charge in [0, 0.05) is 47.8 Å². The number of para-hydroxylation sites is 2. The monoisotopic (exact) mass is 683 g/mol. The maximum atomic E-state index is 14.7. The van der Waals surface area contributed by atoms with Gasteiger partial charge in [0.15, 0.2) is 0 Å². The van der Waals surface area contributed by atoms with Crippen LogP contribution in [0.3, 0.4) is 0 Å². The van der Waals surface area contributed by atoms with Crippen LogP contribution < -0.4 is 16.0 Å². The molecule has 5 aromatic rings. The summed E-state index contributed by atoms with van der Waals surface area (Å²) in [6.07, 6.45) is 1.54. The lowest BCUT2D eigenvalue weighted by atomic mass is 9.92. The van der Waals surface area contributed by atoms with E-state index in [1.807, 2.05) is 81.4 Å². The Morgan fingerprint density at radius 2 is 1.29 bits per heavy atom. The summed E-state index contributed by atoms with van der Waals surface area (Å²) >= 11 is 0. The molecule has 4 amide bonds. The van der Waals surface area contributed by atoms with Gasteiger partial charge in [-0.2, -0.15) is 0 Å². The summed E-state index contributed by atoms with van der Waals surface area (Å²) in [6, 6.07) is 32.5. The first kappa shape index (κ1) is 34.7. The van der Waals surface area contributed by atoms with Gasteiger partial charge in [-0.3, -0.25) is 14.4 Å². The number of aryl methyl sites for hydroxylation is 1. The van der Waals surface area contributed by atoms with Crippen molar-refractivity contribution in [2.24, 2.45) is 7.05 Å². The summed E-state index contributed by atoms with van der Waals surface area (Å²) < 4.78 is 7.37. The molecule has 4 aromatic carbocycles. The third kappa shape index (κ3) is 8.02. The van der Waals surface area contributed by atoms with E-state index >= 15 is 0 Å². The second-order valence-electron chi connectivity index (χ2n) is 13.6. The van der Waals surface area contributed by atoms with Crippen molar-refractivity contribution in [1.82, 2.24) is 14.8 Å². The van der Waals surface area contributed by atoms with E-state index < -0.39 is 29.5 Å². The van der Waals surface area contributed by atoms with Gasteiger partial charge in [-0.25, -0.2) is 4.79 Å². The summed E-state index contributed by atoms with van der Waals surface area (Å²) in [6.45, 7) is 5.89. The van der Waals surface area contributed by atoms with Crippen LogP contribution in [0.1, 0.15) is 63.0 Å². The number of amides is 4. The van der Waals surface area contributed by atoms with Gasteiger partial charge in [-0.15, -0.1) is 0 Å². The van der Waals surface area contributed by atoms with Crippen molar-refractivity contribution in [2.75, 3.05) is 17.2 Å². The number of nitrogens with one attached hydrogen (secondary N) is 3. The average molecular weight is 684 g/mol. The summed E-state index contributed by atoms with van der Waals surface area (Å²) in [5.74, 6) is -1.26. The minimum absolute atomic E-state index is 0.0111. The van der Waals surface area contributed by atoms with Crippen molar-refractivity contribution >= 4 is 35.2 Å². The molecule has 1 aliphatic rings. The number of nitrogens with zero attached hydrogens (tertiary/aromatic N) is 2. The van der Waals surface area contributed by atoms with Gasteiger partial charge in [0.1, 0.15) is 6.61 Å². The predicted octanol–water partition coefficient (Wildman–Crippen LogP) is 7.29. The minimum atomic E-state index is -0.562. The number of anilines is 2. The molecule has 260 valence electrons. The first-order valence-corrected chi connectivity index (χ1v) is 16.8. The van der Waals surface area contributed by atoms with Crippen LogP contribution in [0, 0.1) is 0 Å². The first-order chi connectivity index (χ1) is 24.5. The quantitative estimate of drug-likeness (QED) is 0.159. The molecule has 2 heterocycles. The number of carbonyl (C=O) groups excluding carboxylic acids is 4. The largest absolute Gasteiger partial charge is 0.447 e.